The van der Waals surface area contributed by atoms with Crippen molar-refractivity contribution in [2.24, 2.45) is 5.73 Å². The summed E-state index contributed by atoms with van der Waals surface area (Å²) in [5.74, 6) is -0.977. The molecule has 22 heavy (non-hydrogen) atoms. The Hall–Kier alpha value is -3.03. The predicted octanol–water partition coefficient (Wildman–Crippen LogP) is 1.04. The highest BCUT2D eigenvalue weighted by molar-refractivity contribution is 6.01. The van der Waals surface area contributed by atoms with Crippen molar-refractivity contribution in [3.63, 3.8) is 0 Å². The first-order chi connectivity index (χ1) is 10.5. The molecule has 0 saturated heterocycles. The number of H-pyrrole nitrogens is 1. The zero-order chi connectivity index (χ0) is 15.9. The van der Waals surface area contributed by atoms with Gasteiger partial charge < -0.3 is 10.7 Å². The summed E-state index contributed by atoms with van der Waals surface area (Å²) in [6, 6.07) is 5.50. The fraction of sp³-hybridized carbons (Fsp3) is 0.143. The minimum absolute atomic E-state index is 0.0753. The van der Waals surface area contributed by atoms with Crippen LogP contribution in [0.5, 0.6) is 0 Å². The second-order valence-corrected chi connectivity index (χ2v) is 4.64. The van der Waals surface area contributed by atoms with E-state index in [1.165, 1.54) is 28.8 Å². The second kappa shape index (κ2) is 5.06. The van der Waals surface area contributed by atoms with E-state index in [1.807, 2.05) is 0 Å². The van der Waals surface area contributed by atoms with Crippen molar-refractivity contribution in [2.45, 2.75) is 13.5 Å². The van der Waals surface area contributed by atoms with Crippen molar-refractivity contribution in [3.8, 4) is 11.4 Å². The van der Waals surface area contributed by atoms with Gasteiger partial charge in [0.05, 0.1) is 0 Å². The van der Waals surface area contributed by atoms with Crippen molar-refractivity contribution < 1.29 is 9.18 Å². The maximum atomic E-state index is 13.0. The molecule has 2 heterocycles. The molecule has 8 heteroatoms. The van der Waals surface area contributed by atoms with Crippen LogP contribution in [0.3, 0.4) is 0 Å². The van der Waals surface area contributed by atoms with Crippen LogP contribution in [-0.4, -0.2) is 25.4 Å². The number of carbonyl (C=O) groups is 1. The molecule has 1 aromatic carbocycles. The Labute approximate surface area is 123 Å². The molecular weight excluding hydrogens is 289 g/mol. The number of fused-ring (bicyclic) bond motifs is 1. The van der Waals surface area contributed by atoms with Gasteiger partial charge in [-0.25, -0.2) is 19.2 Å². The molecule has 0 aliphatic carbocycles. The van der Waals surface area contributed by atoms with Crippen LogP contribution in [0.25, 0.3) is 22.6 Å². The Balaban J connectivity index is 2.34. The number of primary amides is 1. The van der Waals surface area contributed by atoms with E-state index in [4.69, 9.17) is 5.73 Å². The molecule has 112 valence electrons. The van der Waals surface area contributed by atoms with Crippen molar-refractivity contribution in [3.05, 3.63) is 46.3 Å². The van der Waals surface area contributed by atoms with Crippen LogP contribution in [0.2, 0.25) is 0 Å². The second-order valence-electron chi connectivity index (χ2n) is 4.64. The van der Waals surface area contributed by atoms with Gasteiger partial charge in [0, 0.05) is 12.1 Å². The number of carbonyl (C=O) groups excluding carboxylic acids is 1. The summed E-state index contributed by atoms with van der Waals surface area (Å²) in [7, 11) is 0. The number of imidazole rings is 1. The summed E-state index contributed by atoms with van der Waals surface area (Å²) < 4.78 is 14.4. The predicted molar refractivity (Wildman–Crippen MR) is 77.7 cm³/mol. The van der Waals surface area contributed by atoms with Crippen molar-refractivity contribution in [1.29, 1.82) is 0 Å². The first kappa shape index (κ1) is 13.9. The van der Waals surface area contributed by atoms with E-state index in [2.05, 4.69) is 15.0 Å². The molecule has 3 N–H and O–H groups in total. The van der Waals surface area contributed by atoms with Crippen LogP contribution in [0, 0.1) is 5.82 Å². The minimum Gasteiger partial charge on any atom is -0.364 e. The molecule has 0 radical (unpaired) electrons. The van der Waals surface area contributed by atoms with Crippen molar-refractivity contribution in [2.75, 3.05) is 0 Å². The number of nitrogens with two attached hydrogens (primary N) is 1. The lowest BCUT2D eigenvalue weighted by atomic mass is 10.2. The maximum absolute atomic E-state index is 13.0. The fourth-order valence-electron chi connectivity index (χ4n) is 2.23. The number of hydrogen-bond donors (Lipinski definition) is 2. The first-order valence-electron chi connectivity index (χ1n) is 6.57. The fourth-order valence-corrected chi connectivity index (χ4v) is 2.23. The van der Waals surface area contributed by atoms with Crippen LogP contribution in [-0.2, 0) is 6.54 Å². The number of halogens is 1. The number of aryl methyl sites for hydroxylation is 1. The number of amides is 1. The number of aromatic nitrogens is 4. The lowest BCUT2D eigenvalue weighted by molar-refractivity contribution is 0.0997. The average molecular weight is 301 g/mol. The largest absolute Gasteiger partial charge is 0.364 e. The molecule has 0 aliphatic rings. The molecule has 0 saturated carbocycles. The van der Waals surface area contributed by atoms with Gasteiger partial charge in [0.1, 0.15) is 11.3 Å². The third-order valence-electron chi connectivity index (χ3n) is 3.27. The Morgan fingerprint density at radius 2 is 2.00 bits per heavy atom. The van der Waals surface area contributed by atoms with Crippen LogP contribution >= 0.6 is 0 Å². The normalized spacial score (nSPS) is 11.0. The number of benzene rings is 1. The Morgan fingerprint density at radius 1 is 1.32 bits per heavy atom. The summed E-state index contributed by atoms with van der Waals surface area (Å²) in [5, 5.41) is 0. The summed E-state index contributed by atoms with van der Waals surface area (Å²) in [6.45, 7) is 2.15. The van der Waals surface area contributed by atoms with Gasteiger partial charge in [-0.1, -0.05) is 0 Å². The van der Waals surface area contributed by atoms with E-state index in [0.717, 1.165) is 0 Å². The monoisotopic (exact) mass is 301 g/mol. The lowest BCUT2D eigenvalue weighted by Gasteiger charge is -2.05. The summed E-state index contributed by atoms with van der Waals surface area (Å²) in [5.41, 5.74) is 5.86. The summed E-state index contributed by atoms with van der Waals surface area (Å²) in [6.07, 6.45) is 0. The first-order valence-corrected chi connectivity index (χ1v) is 6.57. The highest BCUT2D eigenvalue weighted by Crippen LogP contribution is 2.20. The lowest BCUT2D eigenvalue weighted by Crippen LogP contribution is -2.15. The number of nitrogens with one attached hydrogen (secondary N) is 1. The number of aromatic amines is 1. The van der Waals surface area contributed by atoms with E-state index in [1.54, 1.807) is 6.92 Å². The Morgan fingerprint density at radius 3 is 2.59 bits per heavy atom. The highest BCUT2D eigenvalue weighted by atomic mass is 19.1. The third kappa shape index (κ3) is 2.14. The van der Waals surface area contributed by atoms with Crippen molar-refractivity contribution >= 4 is 17.1 Å². The highest BCUT2D eigenvalue weighted by Gasteiger charge is 2.18. The van der Waals surface area contributed by atoms with Gasteiger partial charge in [-0.3, -0.25) is 9.36 Å². The molecule has 2 aromatic heterocycles. The SMILES string of the molecule is CCn1c(=O)[nH]c2c(C(N)=O)nc(-c3ccc(F)cc3)nc21. The van der Waals surface area contributed by atoms with Gasteiger partial charge in [-0.15, -0.1) is 0 Å². The Bertz CT molecular complexity index is 927. The minimum atomic E-state index is -0.778. The molecule has 0 spiro atoms. The summed E-state index contributed by atoms with van der Waals surface area (Å²) >= 11 is 0. The van der Waals surface area contributed by atoms with Crippen LogP contribution < -0.4 is 11.4 Å². The average Bonchev–Trinajstić information content (AvgIpc) is 2.81. The molecular formula is C14H12FN5O2. The number of rotatable bonds is 3. The van der Waals surface area contributed by atoms with E-state index in [-0.39, 0.29) is 22.7 Å². The molecule has 1 amide bonds. The molecule has 7 nitrogen and oxygen atoms in total. The van der Waals surface area contributed by atoms with Gasteiger partial charge in [0.15, 0.2) is 17.2 Å². The van der Waals surface area contributed by atoms with Crippen LogP contribution in [0.1, 0.15) is 17.4 Å². The van der Waals surface area contributed by atoms with Gasteiger partial charge in [-0.05, 0) is 31.2 Å². The molecule has 0 fully saturated rings. The van der Waals surface area contributed by atoms with E-state index in [0.29, 0.717) is 12.1 Å². The number of hydrogen-bond acceptors (Lipinski definition) is 4. The van der Waals surface area contributed by atoms with Crippen LogP contribution in [0.4, 0.5) is 4.39 Å². The third-order valence-corrected chi connectivity index (χ3v) is 3.27. The van der Waals surface area contributed by atoms with E-state index < -0.39 is 17.4 Å². The van der Waals surface area contributed by atoms with E-state index >= 15 is 0 Å². The molecule has 3 aromatic rings. The van der Waals surface area contributed by atoms with Gasteiger partial charge in [0.2, 0.25) is 0 Å². The zero-order valence-corrected chi connectivity index (χ0v) is 11.6. The zero-order valence-electron chi connectivity index (χ0n) is 11.6. The van der Waals surface area contributed by atoms with Crippen LogP contribution in [0.15, 0.2) is 29.1 Å². The van der Waals surface area contributed by atoms with Gasteiger partial charge in [-0.2, -0.15) is 0 Å². The molecule has 0 unspecified atom stereocenters. The Kier molecular flexibility index (Phi) is 3.21. The van der Waals surface area contributed by atoms with Gasteiger partial charge in [0.25, 0.3) is 5.91 Å². The van der Waals surface area contributed by atoms with Gasteiger partial charge >= 0.3 is 5.69 Å². The molecule has 3 rings (SSSR count). The molecule has 0 aliphatic heterocycles. The molecule has 0 bridgehead atoms. The van der Waals surface area contributed by atoms with E-state index in [9.17, 15) is 14.0 Å². The smallest absolute Gasteiger partial charge is 0.327 e. The molecule has 0 atom stereocenters. The van der Waals surface area contributed by atoms with Crippen molar-refractivity contribution in [1.82, 2.24) is 19.5 Å². The maximum Gasteiger partial charge on any atom is 0.327 e. The standard InChI is InChI=1S/C14H12FN5O2/c1-2-20-13-10(18-14(20)22)9(11(16)21)17-12(19-13)7-3-5-8(15)6-4-7/h3-6H,2H2,1H3,(H2,16,21)(H,18,22). The number of nitrogens with zero attached hydrogens (tertiary/aromatic N) is 3. The quantitative estimate of drug-likeness (QED) is 0.753. The summed E-state index contributed by atoms with van der Waals surface area (Å²) in [4.78, 5) is 34.4. The topological polar surface area (TPSA) is 107 Å².